The number of carbonyl (C=O) groups excluding carboxylic acids is 1. The van der Waals surface area contributed by atoms with Gasteiger partial charge in [-0.25, -0.2) is 0 Å². The summed E-state index contributed by atoms with van der Waals surface area (Å²) in [7, 11) is -2.42. The number of ether oxygens (including phenoxy) is 10. The van der Waals surface area contributed by atoms with Crippen LogP contribution in [0.5, 0.6) is 0 Å². The van der Waals surface area contributed by atoms with Crippen molar-refractivity contribution in [1.82, 2.24) is 0 Å². The van der Waals surface area contributed by atoms with Crippen LogP contribution in [-0.2, 0) is 56.6 Å². The van der Waals surface area contributed by atoms with Gasteiger partial charge in [-0.05, 0) is 45.8 Å². The molecule has 1 aromatic carbocycles. The van der Waals surface area contributed by atoms with Gasteiger partial charge in [-0.15, -0.1) is 0 Å². The van der Waals surface area contributed by atoms with Gasteiger partial charge in [0.25, 0.3) is 0 Å². The third-order valence-electron chi connectivity index (χ3n) is 10.2. The maximum atomic E-state index is 13.1. The Morgan fingerprint density at radius 3 is 2.26 bits per heavy atom. The third kappa shape index (κ3) is 5.89. The molecule has 46 heavy (non-hydrogen) atoms. The number of hydrogen-bond acceptors (Lipinski definition) is 12. The lowest BCUT2D eigenvalue weighted by molar-refractivity contribution is -0.392. The molecule has 1 aromatic rings. The molecule has 0 saturated carbocycles. The predicted molar refractivity (Wildman–Crippen MR) is 163 cm³/mol. The Hall–Kier alpha value is -1.49. The van der Waals surface area contributed by atoms with Crippen LogP contribution in [0.15, 0.2) is 30.3 Å². The monoisotopic (exact) mass is 664 g/mol. The average Bonchev–Trinajstić information content (AvgIpc) is 3.59. The lowest BCUT2D eigenvalue weighted by Gasteiger charge is -2.53. The molecular weight excluding hydrogens is 616 g/mol. The Bertz CT molecular complexity index is 1300. The fraction of sp³-hybridized carbons (Fsp3) is 0.788. The smallest absolute Gasteiger partial charge is 0.312 e. The maximum absolute atomic E-state index is 13.1. The first-order chi connectivity index (χ1) is 21.5. The molecule has 0 aromatic heterocycles. The summed E-state index contributed by atoms with van der Waals surface area (Å²) in [4.78, 5) is 13.1. The van der Waals surface area contributed by atoms with Crippen LogP contribution in [0.25, 0.3) is 0 Å². The molecule has 0 bridgehead atoms. The van der Waals surface area contributed by atoms with Crippen molar-refractivity contribution < 1.29 is 56.6 Å². The fourth-order valence-corrected chi connectivity index (χ4v) is 8.31. The van der Waals surface area contributed by atoms with E-state index in [9.17, 15) is 4.79 Å². The van der Waals surface area contributed by atoms with Crippen molar-refractivity contribution in [3.8, 4) is 0 Å². The second-order valence-electron chi connectivity index (χ2n) is 15.6. The van der Waals surface area contributed by atoms with Gasteiger partial charge < -0.3 is 51.8 Å². The molecule has 0 aliphatic carbocycles. The average molecular weight is 665 g/mol. The number of rotatable bonds is 6. The van der Waals surface area contributed by atoms with Gasteiger partial charge in [0.05, 0.1) is 13.2 Å². The highest BCUT2D eigenvalue weighted by Gasteiger charge is 2.67. The minimum absolute atomic E-state index is 0.0132. The van der Waals surface area contributed by atoms with Gasteiger partial charge in [-0.2, -0.15) is 0 Å². The molecule has 7 rings (SSSR count). The fourth-order valence-electron chi connectivity index (χ4n) is 7.02. The summed E-state index contributed by atoms with van der Waals surface area (Å²) >= 11 is 0. The van der Waals surface area contributed by atoms with E-state index in [-0.39, 0.29) is 24.7 Å². The van der Waals surface area contributed by atoms with Crippen LogP contribution >= 0.6 is 0 Å². The molecule has 6 fully saturated rings. The van der Waals surface area contributed by atoms with E-state index in [0.29, 0.717) is 0 Å². The quantitative estimate of drug-likeness (QED) is 0.319. The predicted octanol–water partition coefficient (Wildman–Crippen LogP) is 4.31. The molecule has 13 heteroatoms. The van der Waals surface area contributed by atoms with Crippen LogP contribution in [0.2, 0.25) is 18.1 Å². The topological polar surface area (TPSA) is 119 Å². The van der Waals surface area contributed by atoms with Crippen LogP contribution in [-0.4, -0.2) is 100.0 Å². The van der Waals surface area contributed by atoms with Crippen molar-refractivity contribution in [2.75, 3.05) is 13.2 Å². The zero-order chi connectivity index (χ0) is 32.9. The first-order valence-electron chi connectivity index (χ1n) is 16.3. The molecule has 6 aliphatic heterocycles. The molecule has 256 valence electrons. The number of carbonyl (C=O) groups is 1. The van der Waals surface area contributed by atoms with Crippen LogP contribution in [0.1, 0.15) is 66.7 Å². The number of fused-ring (bicyclic) bond motifs is 5. The Morgan fingerprint density at radius 1 is 0.870 bits per heavy atom. The number of benzene rings is 1. The second kappa shape index (κ2) is 11.3. The molecule has 0 radical (unpaired) electrons. The highest BCUT2D eigenvalue weighted by atomic mass is 28.4. The third-order valence-corrected chi connectivity index (χ3v) is 14.6. The van der Waals surface area contributed by atoms with E-state index in [1.54, 1.807) is 0 Å². The van der Waals surface area contributed by atoms with Gasteiger partial charge in [0.15, 0.2) is 38.6 Å². The normalized spacial score (nSPS) is 42.9. The largest absolute Gasteiger partial charge is 0.454 e. The molecular formula is C33H48O12Si. The van der Waals surface area contributed by atoms with Gasteiger partial charge in [-0.3, -0.25) is 4.79 Å². The lowest BCUT2D eigenvalue weighted by Crippen LogP contribution is -2.69. The summed E-state index contributed by atoms with van der Waals surface area (Å²) in [5.74, 6) is -3.62. The van der Waals surface area contributed by atoms with Gasteiger partial charge >= 0.3 is 5.97 Å². The molecule has 0 N–H and O–H groups in total. The van der Waals surface area contributed by atoms with Crippen molar-refractivity contribution in [2.24, 2.45) is 0 Å². The van der Waals surface area contributed by atoms with E-state index in [0.717, 1.165) is 5.56 Å². The summed E-state index contributed by atoms with van der Waals surface area (Å²) in [6.45, 7) is 18.5. The Labute approximate surface area is 271 Å². The van der Waals surface area contributed by atoms with Crippen LogP contribution in [0, 0.1) is 0 Å². The van der Waals surface area contributed by atoms with E-state index in [2.05, 4.69) is 33.9 Å². The highest BCUT2D eigenvalue weighted by molar-refractivity contribution is 6.74. The summed E-state index contributed by atoms with van der Waals surface area (Å²) in [5, 5.41) is -0.123. The van der Waals surface area contributed by atoms with E-state index < -0.39 is 93.1 Å². The summed E-state index contributed by atoms with van der Waals surface area (Å²) in [6.07, 6.45) is -6.17. The zero-order valence-corrected chi connectivity index (χ0v) is 29.2. The molecule has 6 aliphatic rings. The molecule has 0 spiro atoms. The van der Waals surface area contributed by atoms with Crippen molar-refractivity contribution >= 4 is 14.3 Å². The van der Waals surface area contributed by atoms with Crippen LogP contribution in [0.4, 0.5) is 0 Å². The molecule has 11 atom stereocenters. The Kier molecular flexibility index (Phi) is 8.09. The molecule has 12 nitrogen and oxygen atoms in total. The Balaban J connectivity index is 1.17. The van der Waals surface area contributed by atoms with Crippen molar-refractivity contribution in [2.45, 2.75) is 152 Å². The van der Waals surface area contributed by atoms with E-state index in [1.165, 1.54) is 0 Å². The molecule has 6 heterocycles. The summed E-state index contributed by atoms with van der Waals surface area (Å²) in [5.41, 5.74) is 0.883. The van der Waals surface area contributed by atoms with Gasteiger partial charge in [-0.1, -0.05) is 51.1 Å². The van der Waals surface area contributed by atoms with Crippen molar-refractivity contribution in [3.05, 3.63) is 35.9 Å². The molecule has 0 amide bonds. The van der Waals surface area contributed by atoms with Crippen molar-refractivity contribution in [3.63, 3.8) is 0 Å². The van der Waals surface area contributed by atoms with E-state index >= 15 is 0 Å². The zero-order valence-electron chi connectivity index (χ0n) is 28.2. The lowest BCUT2D eigenvalue weighted by atomic mass is 9.91. The number of hydrogen-bond donors (Lipinski definition) is 0. The molecule has 6 saturated heterocycles. The maximum Gasteiger partial charge on any atom is 0.312 e. The van der Waals surface area contributed by atoms with Gasteiger partial charge in [0, 0.05) is 5.56 Å². The standard InChI is InChI=1S/C33H48O12Si/c1-30(2,3)46(8,9)45-25-22-20(16-35-28(39-22)18-13-11-10-12-14-18)40-33(15-21(34)38-27(25)33)36-17-19-23-24(42-31(4,5)41-23)26-29(37-19)44-32(6,7)43-26/h10-14,19-20,22-29H,15-17H2,1-9H3/t19-,20-,22-,23+,24+,25+,26-,27+,28-,29-,33+/m1/s1. The number of esters is 1. The highest BCUT2D eigenvalue weighted by Crippen LogP contribution is 2.50. The van der Waals surface area contributed by atoms with Crippen LogP contribution in [0.3, 0.4) is 0 Å². The van der Waals surface area contributed by atoms with Gasteiger partial charge in [0.2, 0.25) is 5.79 Å². The van der Waals surface area contributed by atoms with Gasteiger partial charge in [0.1, 0.15) is 49.1 Å². The molecule has 0 unspecified atom stereocenters. The minimum atomic E-state index is -2.42. The van der Waals surface area contributed by atoms with E-state index in [1.807, 2.05) is 58.0 Å². The minimum Gasteiger partial charge on any atom is -0.454 e. The second-order valence-corrected chi connectivity index (χ2v) is 20.3. The first-order valence-corrected chi connectivity index (χ1v) is 19.2. The Morgan fingerprint density at radius 2 is 1.54 bits per heavy atom. The van der Waals surface area contributed by atoms with Crippen molar-refractivity contribution in [1.29, 1.82) is 0 Å². The van der Waals surface area contributed by atoms with E-state index in [4.69, 9.17) is 51.8 Å². The summed E-state index contributed by atoms with van der Waals surface area (Å²) in [6, 6.07) is 9.74. The summed E-state index contributed by atoms with van der Waals surface area (Å²) < 4.78 is 70.4. The van der Waals surface area contributed by atoms with Crippen LogP contribution < -0.4 is 0 Å². The first kappa shape index (κ1) is 33.0. The SMILES string of the molecule is CC1(C)O[C@H]2[C@@H](O1)[C@@H](CO[C@]13CC(=O)O[C@H]1[C@@H](O[Si](C)(C)C(C)(C)C)[C@@H]1O[C@H](c4ccccc4)OC[C@H]1O3)O[C@@H]1OC(C)(C)O[C@@H]12.